The Morgan fingerprint density at radius 3 is 1.58 bits per heavy atom. The van der Waals surface area contributed by atoms with E-state index in [2.05, 4.69) is 41.7 Å². The minimum absolute atomic E-state index is 0.0384. The highest BCUT2D eigenvalue weighted by Gasteiger charge is 2.43. The molecule has 1 fully saturated rings. The second-order valence-corrected chi connectivity index (χ2v) is 12.0. The first-order chi connectivity index (χ1) is 21.9. The minimum atomic E-state index is -1.55. The molecule has 2 aliphatic carbocycles. The quantitative estimate of drug-likeness (QED) is 0.252. The summed E-state index contributed by atoms with van der Waals surface area (Å²) in [4.78, 5) is 40.4. The molecular formula is C37H34N2O6. The molecule has 0 bridgehead atoms. The predicted molar refractivity (Wildman–Crippen MR) is 169 cm³/mol. The molecule has 45 heavy (non-hydrogen) atoms. The third-order valence-corrected chi connectivity index (χ3v) is 9.53. The number of amides is 2. The maximum atomic E-state index is 13.2. The molecule has 1 unspecified atom stereocenters. The van der Waals surface area contributed by atoms with Crippen LogP contribution in [-0.2, 0) is 14.3 Å². The van der Waals surface area contributed by atoms with Gasteiger partial charge in [-0.15, -0.1) is 0 Å². The van der Waals surface area contributed by atoms with E-state index in [0.717, 1.165) is 44.5 Å². The third kappa shape index (κ3) is 5.20. The van der Waals surface area contributed by atoms with Crippen molar-refractivity contribution < 1.29 is 29.0 Å². The van der Waals surface area contributed by atoms with Gasteiger partial charge in [0, 0.05) is 24.9 Å². The van der Waals surface area contributed by atoms with Crippen molar-refractivity contribution in [2.75, 3.05) is 26.3 Å². The van der Waals surface area contributed by atoms with E-state index in [-0.39, 0.29) is 44.4 Å². The van der Waals surface area contributed by atoms with Crippen molar-refractivity contribution in [3.05, 3.63) is 119 Å². The van der Waals surface area contributed by atoms with E-state index in [0.29, 0.717) is 13.0 Å². The number of benzene rings is 4. The predicted octanol–water partition coefficient (Wildman–Crippen LogP) is 6.78. The van der Waals surface area contributed by atoms with Gasteiger partial charge in [0.25, 0.3) is 0 Å². The zero-order chi connectivity index (χ0) is 31.0. The van der Waals surface area contributed by atoms with Gasteiger partial charge in [-0.1, -0.05) is 97.1 Å². The van der Waals surface area contributed by atoms with Gasteiger partial charge in [0.15, 0.2) is 0 Å². The molecular weight excluding hydrogens is 568 g/mol. The number of nitrogens with one attached hydrogen (secondary N) is 1. The second-order valence-electron chi connectivity index (χ2n) is 12.0. The monoisotopic (exact) mass is 602 g/mol. The number of hydrogen-bond donors (Lipinski definition) is 2. The highest BCUT2D eigenvalue weighted by molar-refractivity contribution is 5.85. The van der Waals surface area contributed by atoms with Crippen LogP contribution in [-0.4, -0.2) is 60.0 Å². The number of rotatable bonds is 6. The molecule has 3 aliphatic rings. The minimum Gasteiger partial charge on any atom is -0.480 e. The van der Waals surface area contributed by atoms with Crippen LogP contribution in [0.1, 0.15) is 53.4 Å². The Kier molecular flexibility index (Phi) is 7.49. The molecule has 2 N–H and O–H groups in total. The molecule has 1 aliphatic heterocycles. The number of carbonyl (C=O) groups excluding carboxylic acids is 2. The Morgan fingerprint density at radius 1 is 0.667 bits per heavy atom. The van der Waals surface area contributed by atoms with Crippen molar-refractivity contribution >= 4 is 18.2 Å². The van der Waals surface area contributed by atoms with Crippen molar-refractivity contribution in [2.24, 2.45) is 0 Å². The van der Waals surface area contributed by atoms with Gasteiger partial charge in [0.1, 0.15) is 18.8 Å². The molecule has 0 saturated carbocycles. The van der Waals surface area contributed by atoms with Gasteiger partial charge in [0.2, 0.25) is 0 Å². The molecule has 1 heterocycles. The fourth-order valence-electron chi connectivity index (χ4n) is 7.22. The summed E-state index contributed by atoms with van der Waals surface area (Å²) >= 11 is 0. The van der Waals surface area contributed by atoms with Crippen molar-refractivity contribution in [3.63, 3.8) is 0 Å². The van der Waals surface area contributed by atoms with E-state index in [1.807, 2.05) is 60.7 Å². The molecule has 4 aromatic carbocycles. The summed E-state index contributed by atoms with van der Waals surface area (Å²) in [6, 6.07) is 32.4. The van der Waals surface area contributed by atoms with E-state index in [9.17, 15) is 19.5 Å². The van der Waals surface area contributed by atoms with Crippen LogP contribution in [0.3, 0.4) is 0 Å². The van der Waals surface area contributed by atoms with E-state index in [4.69, 9.17) is 9.47 Å². The maximum Gasteiger partial charge on any atom is 0.409 e. The summed E-state index contributed by atoms with van der Waals surface area (Å²) in [5.74, 6) is -1.35. The molecule has 1 atom stereocenters. The summed E-state index contributed by atoms with van der Waals surface area (Å²) in [7, 11) is 0. The molecule has 4 aromatic rings. The van der Waals surface area contributed by atoms with E-state index in [1.54, 1.807) is 0 Å². The molecule has 0 radical (unpaired) electrons. The smallest absolute Gasteiger partial charge is 0.409 e. The van der Waals surface area contributed by atoms with E-state index < -0.39 is 23.7 Å². The largest absolute Gasteiger partial charge is 0.480 e. The lowest BCUT2D eigenvalue weighted by molar-refractivity contribution is -0.145. The molecule has 0 aromatic heterocycles. The molecule has 2 amide bonds. The zero-order valence-corrected chi connectivity index (χ0v) is 24.8. The Labute approximate surface area is 261 Å². The number of carbonyl (C=O) groups is 3. The number of fused-ring (bicyclic) bond motifs is 6. The lowest BCUT2D eigenvalue weighted by Gasteiger charge is -2.29. The standard InChI is InChI=1S/C37H34N2O6/c40-34(41)37(38-35(42)44-22-32-28-14-5-1-10-24(28)25-11-2-6-15-29(25)32)18-9-20-39(21-19-37)36(43)45-23-33-30-16-7-3-12-26(30)27-13-4-8-17-31(27)33/h1-8,10-17,32-33H,9,18-23H2,(H,38,42)(H,40,41). The maximum absolute atomic E-state index is 13.2. The molecule has 0 spiro atoms. The Bertz CT molecular complexity index is 1700. The normalized spacial score (nSPS) is 18.6. The number of likely N-dealkylation sites (tertiary alicyclic amines) is 1. The number of carboxylic acids is 1. The zero-order valence-electron chi connectivity index (χ0n) is 24.8. The summed E-state index contributed by atoms with van der Waals surface area (Å²) in [6.07, 6.45) is -0.677. The Morgan fingerprint density at radius 2 is 1.11 bits per heavy atom. The lowest BCUT2D eigenvalue weighted by atomic mass is 9.91. The van der Waals surface area contributed by atoms with Crippen LogP contribution in [0.25, 0.3) is 22.3 Å². The molecule has 7 rings (SSSR count). The van der Waals surface area contributed by atoms with Crippen molar-refractivity contribution in [2.45, 2.75) is 36.6 Å². The molecule has 228 valence electrons. The summed E-state index contributed by atoms with van der Waals surface area (Å²) in [5.41, 5.74) is 7.37. The molecule has 8 nitrogen and oxygen atoms in total. The van der Waals surface area contributed by atoms with Gasteiger partial charge in [-0.25, -0.2) is 14.4 Å². The van der Waals surface area contributed by atoms with Gasteiger partial charge in [-0.05, 0) is 63.8 Å². The first-order valence-corrected chi connectivity index (χ1v) is 15.4. The fourth-order valence-corrected chi connectivity index (χ4v) is 7.22. The van der Waals surface area contributed by atoms with Crippen molar-refractivity contribution in [3.8, 4) is 22.3 Å². The van der Waals surface area contributed by atoms with Gasteiger partial charge in [-0.3, -0.25) is 0 Å². The van der Waals surface area contributed by atoms with E-state index >= 15 is 0 Å². The van der Waals surface area contributed by atoms with Crippen LogP contribution in [0.15, 0.2) is 97.1 Å². The van der Waals surface area contributed by atoms with Gasteiger partial charge < -0.3 is 24.8 Å². The Balaban J connectivity index is 0.981. The lowest BCUT2D eigenvalue weighted by Crippen LogP contribution is -2.55. The Hall–Kier alpha value is -5.11. The average Bonchev–Trinajstić information content (AvgIpc) is 3.45. The highest BCUT2D eigenvalue weighted by atomic mass is 16.6. The van der Waals surface area contributed by atoms with E-state index in [1.165, 1.54) is 4.90 Å². The van der Waals surface area contributed by atoms with Crippen LogP contribution >= 0.6 is 0 Å². The van der Waals surface area contributed by atoms with Gasteiger partial charge in [-0.2, -0.15) is 0 Å². The highest BCUT2D eigenvalue weighted by Crippen LogP contribution is 2.45. The summed E-state index contributed by atoms with van der Waals surface area (Å²) in [6.45, 7) is 0.734. The summed E-state index contributed by atoms with van der Waals surface area (Å²) < 4.78 is 11.5. The number of ether oxygens (including phenoxy) is 2. The summed E-state index contributed by atoms with van der Waals surface area (Å²) in [5, 5.41) is 12.9. The first-order valence-electron chi connectivity index (χ1n) is 15.4. The van der Waals surface area contributed by atoms with Gasteiger partial charge in [0.05, 0.1) is 0 Å². The number of alkyl carbamates (subject to hydrolysis) is 1. The molecule has 8 heteroatoms. The number of aliphatic carboxylic acids is 1. The first kappa shape index (κ1) is 28.6. The number of nitrogens with zero attached hydrogens (tertiary/aromatic N) is 1. The topological polar surface area (TPSA) is 105 Å². The molecule has 1 saturated heterocycles. The number of carboxylic acid groups (broad SMARTS) is 1. The van der Waals surface area contributed by atoms with Crippen LogP contribution in [0.5, 0.6) is 0 Å². The van der Waals surface area contributed by atoms with Gasteiger partial charge >= 0.3 is 18.2 Å². The van der Waals surface area contributed by atoms with Crippen LogP contribution in [0.4, 0.5) is 9.59 Å². The van der Waals surface area contributed by atoms with Crippen LogP contribution < -0.4 is 5.32 Å². The SMILES string of the molecule is O=C(NC1(C(=O)O)CCCN(C(=O)OCC2c3ccccc3-c3ccccc32)CC1)OCC1c2ccccc2-c2ccccc21. The fraction of sp³-hybridized carbons (Fsp3) is 0.270. The third-order valence-electron chi connectivity index (χ3n) is 9.53. The second kappa shape index (κ2) is 11.8. The van der Waals surface area contributed by atoms with Crippen molar-refractivity contribution in [1.29, 1.82) is 0 Å². The van der Waals surface area contributed by atoms with Crippen LogP contribution in [0, 0.1) is 0 Å². The van der Waals surface area contributed by atoms with Crippen molar-refractivity contribution in [1.82, 2.24) is 10.2 Å². The average molecular weight is 603 g/mol. The van der Waals surface area contributed by atoms with Crippen LogP contribution in [0.2, 0.25) is 0 Å². The number of hydrogen-bond acceptors (Lipinski definition) is 5.